The van der Waals surface area contributed by atoms with Gasteiger partial charge in [-0.15, -0.1) is 0 Å². The summed E-state index contributed by atoms with van der Waals surface area (Å²) >= 11 is 0. The molecule has 1 aliphatic heterocycles. The molecule has 0 saturated heterocycles. The van der Waals surface area contributed by atoms with Gasteiger partial charge in [0, 0.05) is 30.6 Å². The average molecular weight is 322 g/mol. The van der Waals surface area contributed by atoms with Gasteiger partial charge in [-0.25, -0.2) is 4.98 Å². The molecule has 1 saturated carbocycles. The van der Waals surface area contributed by atoms with E-state index in [0.717, 1.165) is 24.7 Å². The topological polar surface area (TPSA) is 41.1 Å². The van der Waals surface area contributed by atoms with Gasteiger partial charge >= 0.3 is 0 Å². The lowest BCUT2D eigenvalue weighted by molar-refractivity contribution is 0.586. The summed E-state index contributed by atoms with van der Waals surface area (Å²) in [7, 11) is 0. The number of benzene rings is 1. The summed E-state index contributed by atoms with van der Waals surface area (Å²) in [5.74, 6) is 2.47. The molecule has 1 aromatic heterocycles. The quantitative estimate of drug-likeness (QED) is 0.919. The Morgan fingerprint density at radius 2 is 1.88 bits per heavy atom. The normalized spacial score (nSPS) is 20.2. The Hall–Kier alpha value is -2.10. The van der Waals surface area contributed by atoms with Crippen LogP contribution in [0.1, 0.15) is 56.4 Å². The molecular formula is C20H26N4. The van der Waals surface area contributed by atoms with Crippen molar-refractivity contribution in [3.05, 3.63) is 47.2 Å². The van der Waals surface area contributed by atoms with Gasteiger partial charge in [0.15, 0.2) is 0 Å². The van der Waals surface area contributed by atoms with Crippen molar-refractivity contribution in [2.75, 3.05) is 10.2 Å². The number of hydrogen-bond acceptors (Lipinski definition) is 4. The van der Waals surface area contributed by atoms with E-state index in [1.165, 1.54) is 29.7 Å². The van der Waals surface area contributed by atoms with Crippen LogP contribution in [0.3, 0.4) is 0 Å². The molecule has 24 heavy (non-hydrogen) atoms. The van der Waals surface area contributed by atoms with Gasteiger partial charge in [-0.05, 0) is 51.2 Å². The van der Waals surface area contributed by atoms with Crippen LogP contribution in [-0.2, 0) is 13.0 Å². The van der Waals surface area contributed by atoms with Gasteiger partial charge in [0.2, 0.25) is 5.95 Å². The highest BCUT2D eigenvalue weighted by Gasteiger charge is 2.29. The van der Waals surface area contributed by atoms with E-state index in [2.05, 4.69) is 61.3 Å². The van der Waals surface area contributed by atoms with Gasteiger partial charge in [-0.2, -0.15) is 4.98 Å². The Bertz CT molecular complexity index is 736. The molecule has 4 rings (SSSR count). The molecule has 1 N–H and O–H groups in total. The maximum absolute atomic E-state index is 4.83. The highest BCUT2D eigenvalue weighted by molar-refractivity contribution is 5.50. The number of hydrogen-bond donors (Lipinski definition) is 1. The number of rotatable bonds is 4. The third-order valence-corrected chi connectivity index (χ3v) is 4.95. The molecule has 0 spiro atoms. The minimum absolute atomic E-state index is 0.340. The fourth-order valence-electron chi connectivity index (χ4n) is 3.50. The van der Waals surface area contributed by atoms with Crippen molar-refractivity contribution in [2.24, 2.45) is 0 Å². The van der Waals surface area contributed by atoms with Crippen molar-refractivity contribution >= 4 is 11.8 Å². The summed E-state index contributed by atoms with van der Waals surface area (Å²) in [5, 5.41) is 3.39. The molecule has 4 heteroatoms. The summed E-state index contributed by atoms with van der Waals surface area (Å²) in [5.41, 5.74) is 4.09. The monoisotopic (exact) mass is 322 g/mol. The summed E-state index contributed by atoms with van der Waals surface area (Å²) in [6, 6.07) is 11.8. The first-order chi connectivity index (χ1) is 11.6. The first-order valence-corrected chi connectivity index (χ1v) is 9.09. The lowest BCUT2D eigenvalue weighted by Gasteiger charge is -2.36. The molecule has 1 aromatic carbocycles. The van der Waals surface area contributed by atoms with Gasteiger partial charge < -0.3 is 10.2 Å². The molecule has 0 radical (unpaired) electrons. The van der Waals surface area contributed by atoms with Crippen LogP contribution in [0.5, 0.6) is 0 Å². The Morgan fingerprint density at radius 3 is 2.58 bits per heavy atom. The number of nitrogens with zero attached hydrogens (tertiary/aromatic N) is 3. The molecule has 4 nitrogen and oxygen atoms in total. The van der Waals surface area contributed by atoms with Crippen LogP contribution >= 0.6 is 0 Å². The summed E-state index contributed by atoms with van der Waals surface area (Å²) in [6.07, 6.45) is 3.60. The van der Waals surface area contributed by atoms with Gasteiger partial charge in [-0.1, -0.05) is 24.3 Å². The molecule has 2 heterocycles. The predicted molar refractivity (Wildman–Crippen MR) is 98.6 cm³/mol. The van der Waals surface area contributed by atoms with Crippen LogP contribution in [0, 0.1) is 0 Å². The largest absolute Gasteiger partial charge is 0.352 e. The van der Waals surface area contributed by atoms with Gasteiger partial charge in [0.1, 0.15) is 5.82 Å². The maximum Gasteiger partial charge on any atom is 0.225 e. The summed E-state index contributed by atoms with van der Waals surface area (Å²) in [6.45, 7) is 7.49. The molecule has 0 amide bonds. The van der Waals surface area contributed by atoms with E-state index in [1.54, 1.807) is 0 Å². The average Bonchev–Trinajstić information content (AvgIpc) is 3.38. The van der Waals surface area contributed by atoms with E-state index in [9.17, 15) is 0 Å². The van der Waals surface area contributed by atoms with Crippen LogP contribution in [-0.4, -0.2) is 22.1 Å². The summed E-state index contributed by atoms with van der Waals surface area (Å²) < 4.78 is 0. The Labute approximate surface area is 144 Å². The highest BCUT2D eigenvalue weighted by Crippen LogP contribution is 2.40. The van der Waals surface area contributed by atoms with Crippen LogP contribution in [0.4, 0.5) is 11.8 Å². The minimum Gasteiger partial charge on any atom is -0.352 e. The van der Waals surface area contributed by atoms with Crippen molar-refractivity contribution in [2.45, 2.75) is 64.6 Å². The highest BCUT2D eigenvalue weighted by atomic mass is 15.3. The Balaban J connectivity index is 1.68. The lowest BCUT2D eigenvalue weighted by Crippen LogP contribution is -2.39. The first-order valence-electron chi connectivity index (χ1n) is 9.09. The molecule has 126 valence electrons. The van der Waals surface area contributed by atoms with Crippen LogP contribution in [0.25, 0.3) is 0 Å². The molecule has 2 aromatic rings. The first kappa shape index (κ1) is 15.4. The second-order valence-corrected chi connectivity index (χ2v) is 7.50. The second kappa shape index (κ2) is 6.08. The zero-order chi connectivity index (χ0) is 16.7. The van der Waals surface area contributed by atoms with Gasteiger partial charge in [0.25, 0.3) is 0 Å². The van der Waals surface area contributed by atoms with E-state index in [1.807, 2.05) is 0 Å². The zero-order valence-electron chi connectivity index (χ0n) is 14.8. The molecule has 1 aliphatic carbocycles. The number of aromatic nitrogens is 2. The van der Waals surface area contributed by atoms with E-state index in [4.69, 9.17) is 9.97 Å². The van der Waals surface area contributed by atoms with E-state index in [0.29, 0.717) is 18.0 Å². The number of nitrogens with one attached hydrogen (secondary N) is 1. The minimum atomic E-state index is 0.340. The molecule has 2 aliphatic rings. The fraction of sp³-hybridized carbons (Fsp3) is 0.500. The number of anilines is 2. The van der Waals surface area contributed by atoms with E-state index >= 15 is 0 Å². The van der Waals surface area contributed by atoms with Crippen LogP contribution in [0.2, 0.25) is 0 Å². The van der Waals surface area contributed by atoms with Crippen molar-refractivity contribution in [1.82, 2.24) is 9.97 Å². The maximum atomic E-state index is 4.83. The van der Waals surface area contributed by atoms with Gasteiger partial charge in [0.05, 0.1) is 5.69 Å². The third kappa shape index (κ3) is 3.10. The van der Waals surface area contributed by atoms with Crippen molar-refractivity contribution in [3.8, 4) is 0 Å². The van der Waals surface area contributed by atoms with E-state index < -0.39 is 0 Å². The Kier molecular flexibility index (Phi) is 3.91. The second-order valence-electron chi connectivity index (χ2n) is 7.50. The molecular weight excluding hydrogens is 296 g/mol. The number of fused-ring (bicyclic) bond motifs is 1. The predicted octanol–water partition coefficient (Wildman–Crippen LogP) is 4.13. The standard InChI is InChI=1S/C20H26N4/c1-13(2)21-20-22-18(15-8-9-15)11-19(23-20)24-12-17-7-5-4-6-16(17)10-14(24)3/h4-7,11,13-15H,8-10,12H2,1-3H3,(H,21,22,23)/t14-/m0/s1. The van der Waals surface area contributed by atoms with Crippen molar-refractivity contribution in [1.29, 1.82) is 0 Å². The third-order valence-electron chi connectivity index (χ3n) is 4.95. The lowest BCUT2D eigenvalue weighted by atomic mass is 9.95. The van der Waals surface area contributed by atoms with E-state index in [-0.39, 0.29) is 0 Å². The molecule has 0 unspecified atom stereocenters. The van der Waals surface area contributed by atoms with Crippen molar-refractivity contribution < 1.29 is 0 Å². The smallest absolute Gasteiger partial charge is 0.225 e. The SMILES string of the molecule is CC(C)Nc1nc(C2CC2)cc(N2Cc3ccccc3C[C@@H]2C)n1. The molecule has 1 atom stereocenters. The fourth-order valence-corrected chi connectivity index (χ4v) is 3.50. The van der Waals surface area contributed by atoms with Crippen LogP contribution < -0.4 is 10.2 Å². The summed E-state index contributed by atoms with van der Waals surface area (Å²) in [4.78, 5) is 12.0. The molecule has 1 fully saturated rings. The molecule has 0 bridgehead atoms. The van der Waals surface area contributed by atoms with Gasteiger partial charge in [-0.3, -0.25) is 0 Å². The zero-order valence-corrected chi connectivity index (χ0v) is 14.8. The van der Waals surface area contributed by atoms with Crippen LogP contribution in [0.15, 0.2) is 30.3 Å². The Morgan fingerprint density at radius 1 is 1.12 bits per heavy atom. The van der Waals surface area contributed by atoms with Crippen molar-refractivity contribution in [3.63, 3.8) is 0 Å².